The van der Waals surface area contributed by atoms with Crippen LogP contribution in [0.4, 0.5) is 10.1 Å². The SMILES string of the molecule is Cc1cc(F)ccc1NCc1cnco1. The second-order valence-corrected chi connectivity index (χ2v) is 3.28. The molecular formula is C11H11FN2O. The third-order valence-corrected chi connectivity index (χ3v) is 2.12. The number of halogens is 1. The Bertz CT molecular complexity index is 440. The topological polar surface area (TPSA) is 38.1 Å². The van der Waals surface area contributed by atoms with Gasteiger partial charge in [0.1, 0.15) is 11.6 Å². The molecule has 0 unspecified atom stereocenters. The zero-order valence-corrected chi connectivity index (χ0v) is 8.33. The summed E-state index contributed by atoms with van der Waals surface area (Å²) in [5, 5.41) is 3.14. The maximum Gasteiger partial charge on any atom is 0.180 e. The highest BCUT2D eigenvalue weighted by Crippen LogP contribution is 2.16. The number of benzene rings is 1. The van der Waals surface area contributed by atoms with Crippen molar-refractivity contribution in [1.82, 2.24) is 4.98 Å². The Balaban J connectivity index is 2.05. The van der Waals surface area contributed by atoms with Crippen LogP contribution in [-0.2, 0) is 6.54 Å². The van der Waals surface area contributed by atoms with Gasteiger partial charge in [-0.3, -0.25) is 0 Å². The number of nitrogens with one attached hydrogen (secondary N) is 1. The minimum atomic E-state index is -0.224. The van der Waals surface area contributed by atoms with Crippen LogP contribution in [0.5, 0.6) is 0 Å². The van der Waals surface area contributed by atoms with Gasteiger partial charge in [0.2, 0.25) is 0 Å². The van der Waals surface area contributed by atoms with Crippen LogP contribution in [0.1, 0.15) is 11.3 Å². The first-order valence-corrected chi connectivity index (χ1v) is 4.63. The summed E-state index contributed by atoms with van der Waals surface area (Å²) < 4.78 is 17.9. The molecule has 4 heteroatoms. The van der Waals surface area contributed by atoms with E-state index in [9.17, 15) is 4.39 Å². The van der Waals surface area contributed by atoms with Crippen molar-refractivity contribution in [2.24, 2.45) is 0 Å². The molecule has 0 spiro atoms. The van der Waals surface area contributed by atoms with E-state index in [4.69, 9.17) is 4.42 Å². The van der Waals surface area contributed by atoms with E-state index in [2.05, 4.69) is 10.3 Å². The fourth-order valence-electron chi connectivity index (χ4n) is 1.34. The van der Waals surface area contributed by atoms with Crippen LogP contribution in [0.25, 0.3) is 0 Å². The van der Waals surface area contributed by atoms with E-state index in [0.717, 1.165) is 17.0 Å². The molecule has 0 atom stereocenters. The molecule has 1 N–H and O–H groups in total. The number of nitrogens with zero attached hydrogens (tertiary/aromatic N) is 1. The smallest absolute Gasteiger partial charge is 0.180 e. The molecule has 0 saturated heterocycles. The fraction of sp³-hybridized carbons (Fsp3) is 0.182. The van der Waals surface area contributed by atoms with Gasteiger partial charge < -0.3 is 9.73 Å². The van der Waals surface area contributed by atoms with Crippen molar-refractivity contribution in [3.63, 3.8) is 0 Å². The summed E-state index contributed by atoms with van der Waals surface area (Å²) >= 11 is 0. The zero-order chi connectivity index (χ0) is 10.7. The Morgan fingerprint density at radius 1 is 1.47 bits per heavy atom. The number of aromatic nitrogens is 1. The van der Waals surface area contributed by atoms with Gasteiger partial charge >= 0.3 is 0 Å². The summed E-state index contributed by atoms with van der Waals surface area (Å²) in [4.78, 5) is 3.80. The summed E-state index contributed by atoms with van der Waals surface area (Å²) in [6.45, 7) is 2.40. The summed E-state index contributed by atoms with van der Waals surface area (Å²) in [6, 6.07) is 4.62. The second-order valence-electron chi connectivity index (χ2n) is 3.28. The monoisotopic (exact) mass is 206 g/mol. The maximum atomic E-state index is 12.8. The lowest BCUT2D eigenvalue weighted by Crippen LogP contribution is -2.00. The first-order chi connectivity index (χ1) is 7.25. The highest BCUT2D eigenvalue weighted by Gasteiger charge is 2.01. The van der Waals surface area contributed by atoms with E-state index >= 15 is 0 Å². The van der Waals surface area contributed by atoms with E-state index < -0.39 is 0 Å². The van der Waals surface area contributed by atoms with Gasteiger partial charge in [-0.2, -0.15) is 0 Å². The predicted molar refractivity (Wildman–Crippen MR) is 55.0 cm³/mol. The first-order valence-electron chi connectivity index (χ1n) is 4.63. The number of oxazole rings is 1. The molecule has 0 bridgehead atoms. The fourth-order valence-corrected chi connectivity index (χ4v) is 1.34. The molecule has 0 aliphatic rings. The van der Waals surface area contributed by atoms with Gasteiger partial charge in [0.15, 0.2) is 6.39 Å². The molecule has 1 aromatic heterocycles. The lowest BCUT2D eigenvalue weighted by Gasteiger charge is -2.07. The third kappa shape index (κ3) is 2.34. The van der Waals surface area contributed by atoms with Crippen LogP contribution in [-0.4, -0.2) is 4.98 Å². The normalized spacial score (nSPS) is 10.3. The molecule has 2 rings (SSSR count). The van der Waals surface area contributed by atoms with Crippen LogP contribution in [0.2, 0.25) is 0 Å². The summed E-state index contributed by atoms with van der Waals surface area (Å²) in [6.07, 6.45) is 3.03. The van der Waals surface area contributed by atoms with Crippen LogP contribution in [0.3, 0.4) is 0 Å². The van der Waals surface area contributed by atoms with E-state index in [1.165, 1.54) is 18.5 Å². The predicted octanol–water partition coefficient (Wildman–Crippen LogP) is 2.73. The van der Waals surface area contributed by atoms with Crippen LogP contribution in [0, 0.1) is 12.7 Å². The van der Waals surface area contributed by atoms with Gasteiger partial charge in [-0.05, 0) is 30.7 Å². The van der Waals surface area contributed by atoms with E-state index in [-0.39, 0.29) is 5.82 Å². The van der Waals surface area contributed by atoms with Gasteiger partial charge in [-0.15, -0.1) is 0 Å². The summed E-state index contributed by atoms with van der Waals surface area (Å²) in [5.74, 6) is 0.524. The van der Waals surface area contributed by atoms with Crippen molar-refractivity contribution in [1.29, 1.82) is 0 Å². The highest BCUT2D eigenvalue weighted by atomic mass is 19.1. The molecule has 0 saturated carbocycles. The van der Waals surface area contributed by atoms with Gasteiger partial charge in [0.25, 0.3) is 0 Å². The van der Waals surface area contributed by atoms with Crippen molar-refractivity contribution in [3.8, 4) is 0 Å². The van der Waals surface area contributed by atoms with Crippen LogP contribution < -0.4 is 5.32 Å². The lowest BCUT2D eigenvalue weighted by atomic mass is 10.2. The Hall–Kier alpha value is -1.84. The number of hydrogen-bond acceptors (Lipinski definition) is 3. The summed E-state index contributed by atoms with van der Waals surface area (Å²) in [5.41, 5.74) is 1.77. The molecule has 3 nitrogen and oxygen atoms in total. The van der Waals surface area contributed by atoms with Crippen molar-refractivity contribution in [3.05, 3.63) is 47.9 Å². The molecular weight excluding hydrogens is 195 g/mol. The molecule has 2 aromatic rings. The Morgan fingerprint density at radius 3 is 3.00 bits per heavy atom. The van der Waals surface area contributed by atoms with E-state index in [0.29, 0.717) is 6.54 Å². The summed E-state index contributed by atoms with van der Waals surface area (Å²) in [7, 11) is 0. The van der Waals surface area contributed by atoms with Crippen molar-refractivity contribution in [2.75, 3.05) is 5.32 Å². The molecule has 1 aromatic carbocycles. The number of hydrogen-bond donors (Lipinski definition) is 1. The molecule has 0 aliphatic heterocycles. The minimum absolute atomic E-state index is 0.224. The van der Waals surface area contributed by atoms with Crippen LogP contribution >= 0.6 is 0 Å². The molecule has 0 aliphatic carbocycles. The molecule has 0 radical (unpaired) electrons. The quantitative estimate of drug-likeness (QED) is 0.839. The van der Waals surface area contributed by atoms with Crippen molar-refractivity contribution < 1.29 is 8.81 Å². The number of aryl methyl sites for hydroxylation is 1. The number of rotatable bonds is 3. The Morgan fingerprint density at radius 2 is 2.33 bits per heavy atom. The van der Waals surface area contributed by atoms with Gasteiger partial charge in [0.05, 0.1) is 12.7 Å². The Kier molecular flexibility index (Phi) is 2.67. The molecule has 15 heavy (non-hydrogen) atoms. The largest absolute Gasteiger partial charge is 0.447 e. The average molecular weight is 206 g/mol. The van der Waals surface area contributed by atoms with Gasteiger partial charge in [-0.1, -0.05) is 0 Å². The maximum absolute atomic E-state index is 12.8. The lowest BCUT2D eigenvalue weighted by molar-refractivity contribution is 0.511. The van der Waals surface area contributed by atoms with Crippen LogP contribution in [0.15, 0.2) is 35.2 Å². The van der Waals surface area contributed by atoms with Crippen molar-refractivity contribution >= 4 is 5.69 Å². The number of anilines is 1. The molecule has 78 valence electrons. The molecule has 0 fully saturated rings. The standard InChI is InChI=1S/C11H11FN2O/c1-8-4-9(12)2-3-11(8)14-6-10-5-13-7-15-10/h2-5,7,14H,6H2,1H3. The second kappa shape index (κ2) is 4.13. The molecule has 1 heterocycles. The van der Waals surface area contributed by atoms with E-state index in [1.54, 1.807) is 12.3 Å². The zero-order valence-electron chi connectivity index (χ0n) is 8.33. The third-order valence-electron chi connectivity index (χ3n) is 2.12. The molecule has 0 amide bonds. The van der Waals surface area contributed by atoms with Crippen molar-refractivity contribution in [2.45, 2.75) is 13.5 Å². The first kappa shape index (κ1) is 9.71. The highest BCUT2D eigenvalue weighted by molar-refractivity contribution is 5.50. The van der Waals surface area contributed by atoms with Gasteiger partial charge in [0, 0.05) is 5.69 Å². The van der Waals surface area contributed by atoms with Gasteiger partial charge in [-0.25, -0.2) is 9.37 Å². The average Bonchev–Trinajstić information content (AvgIpc) is 2.69. The Labute approximate surface area is 86.9 Å². The van der Waals surface area contributed by atoms with E-state index in [1.807, 2.05) is 6.92 Å². The minimum Gasteiger partial charge on any atom is -0.447 e.